The molecule has 1 aromatic heterocycles. The van der Waals surface area contributed by atoms with Gasteiger partial charge in [-0.2, -0.15) is 4.99 Å². The summed E-state index contributed by atoms with van der Waals surface area (Å²) in [6, 6.07) is 11.4. The Morgan fingerprint density at radius 1 is 1.08 bits per heavy atom. The molecule has 0 saturated heterocycles. The SMILES string of the molecule is COc1cc(OC)cc(C(=O)N=c2sc3cc(C(C)C)ccc3n2C)c1. The van der Waals surface area contributed by atoms with Crippen LogP contribution in [-0.2, 0) is 7.05 Å². The fourth-order valence-corrected chi connectivity index (χ4v) is 3.76. The van der Waals surface area contributed by atoms with Gasteiger partial charge in [0.15, 0.2) is 4.80 Å². The van der Waals surface area contributed by atoms with Gasteiger partial charge in [-0.25, -0.2) is 0 Å². The van der Waals surface area contributed by atoms with Crippen LogP contribution in [0, 0.1) is 0 Å². The lowest BCUT2D eigenvalue weighted by molar-refractivity contribution is 0.0997. The molecule has 3 rings (SSSR count). The number of benzene rings is 2. The number of aromatic nitrogens is 1. The van der Waals surface area contributed by atoms with E-state index in [4.69, 9.17) is 9.47 Å². The van der Waals surface area contributed by atoms with Gasteiger partial charge in [0.2, 0.25) is 0 Å². The van der Waals surface area contributed by atoms with E-state index in [0.29, 0.717) is 27.8 Å². The molecule has 0 atom stereocenters. The highest BCUT2D eigenvalue weighted by Crippen LogP contribution is 2.24. The van der Waals surface area contributed by atoms with E-state index in [2.05, 4.69) is 37.0 Å². The van der Waals surface area contributed by atoms with Crippen LogP contribution in [0.2, 0.25) is 0 Å². The van der Waals surface area contributed by atoms with Gasteiger partial charge in [0.1, 0.15) is 11.5 Å². The number of hydrogen-bond acceptors (Lipinski definition) is 4. The monoisotopic (exact) mass is 370 g/mol. The van der Waals surface area contributed by atoms with Crippen molar-refractivity contribution in [1.29, 1.82) is 0 Å². The highest BCUT2D eigenvalue weighted by molar-refractivity contribution is 7.16. The van der Waals surface area contributed by atoms with Crippen LogP contribution < -0.4 is 14.3 Å². The van der Waals surface area contributed by atoms with Crippen LogP contribution in [0.15, 0.2) is 41.4 Å². The standard InChI is InChI=1S/C20H22N2O3S/c1-12(2)13-6-7-17-18(10-13)26-20(22(17)3)21-19(23)14-8-15(24-4)11-16(9-14)25-5/h6-12H,1-5H3. The Hall–Kier alpha value is -2.60. The maximum absolute atomic E-state index is 12.7. The topological polar surface area (TPSA) is 52.8 Å². The third-order valence-electron chi connectivity index (χ3n) is 4.30. The van der Waals surface area contributed by atoms with Crippen molar-refractivity contribution in [2.24, 2.45) is 12.0 Å². The molecule has 2 aromatic carbocycles. The lowest BCUT2D eigenvalue weighted by Crippen LogP contribution is -2.13. The third-order valence-corrected chi connectivity index (χ3v) is 5.39. The Morgan fingerprint density at radius 2 is 1.73 bits per heavy atom. The quantitative estimate of drug-likeness (QED) is 0.694. The van der Waals surface area contributed by atoms with Gasteiger partial charge in [0.05, 0.1) is 24.4 Å². The molecular formula is C20H22N2O3S. The first kappa shape index (κ1) is 18.2. The molecule has 136 valence electrons. The van der Waals surface area contributed by atoms with Crippen LogP contribution in [0.25, 0.3) is 10.2 Å². The number of thiazole rings is 1. The Morgan fingerprint density at radius 3 is 2.31 bits per heavy atom. The zero-order valence-corrected chi connectivity index (χ0v) is 16.4. The molecule has 0 bridgehead atoms. The van der Waals surface area contributed by atoms with Crippen molar-refractivity contribution in [1.82, 2.24) is 4.57 Å². The maximum atomic E-state index is 12.7. The largest absolute Gasteiger partial charge is 0.497 e. The number of ether oxygens (including phenoxy) is 2. The van der Waals surface area contributed by atoms with E-state index in [0.717, 1.165) is 10.2 Å². The van der Waals surface area contributed by atoms with E-state index < -0.39 is 0 Å². The Bertz CT molecular complexity index is 1010. The number of amides is 1. The van der Waals surface area contributed by atoms with Crippen molar-refractivity contribution in [3.8, 4) is 11.5 Å². The summed E-state index contributed by atoms with van der Waals surface area (Å²) in [6.45, 7) is 4.33. The van der Waals surface area contributed by atoms with Crippen LogP contribution in [0.4, 0.5) is 0 Å². The van der Waals surface area contributed by atoms with Crippen LogP contribution >= 0.6 is 11.3 Å². The molecule has 0 saturated carbocycles. The van der Waals surface area contributed by atoms with Gasteiger partial charge in [-0.3, -0.25) is 4.79 Å². The molecule has 0 aliphatic carbocycles. The van der Waals surface area contributed by atoms with E-state index in [9.17, 15) is 4.79 Å². The molecular weight excluding hydrogens is 348 g/mol. The summed E-state index contributed by atoms with van der Waals surface area (Å²) in [7, 11) is 5.03. The number of carbonyl (C=O) groups is 1. The van der Waals surface area contributed by atoms with Gasteiger partial charge < -0.3 is 14.0 Å². The zero-order chi connectivity index (χ0) is 18.8. The molecule has 3 aromatic rings. The summed E-state index contributed by atoms with van der Waals surface area (Å²) < 4.78 is 13.5. The van der Waals surface area contributed by atoms with Crippen LogP contribution in [0.3, 0.4) is 0 Å². The molecule has 1 heterocycles. The summed E-state index contributed by atoms with van der Waals surface area (Å²) in [4.78, 5) is 17.7. The molecule has 0 radical (unpaired) electrons. The minimum Gasteiger partial charge on any atom is -0.497 e. The zero-order valence-electron chi connectivity index (χ0n) is 15.6. The van der Waals surface area contributed by atoms with Crippen LogP contribution in [0.5, 0.6) is 11.5 Å². The average molecular weight is 370 g/mol. The second-order valence-electron chi connectivity index (χ2n) is 6.34. The van der Waals surface area contributed by atoms with Gasteiger partial charge in [0.25, 0.3) is 5.91 Å². The number of hydrogen-bond donors (Lipinski definition) is 0. The minimum atomic E-state index is -0.326. The molecule has 0 aliphatic rings. The van der Waals surface area contributed by atoms with E-state index in [1.807, 2.05) is 11.6 Å². The molecule has 0 fully saturated rings. The number of rotatable bonds is 4. The highest BCUT2D eigenvalue weighted by Gasteiger charge is 2.11. The molecule has 0 N–H and O–H groups in total. The summed E-state index contributed by atoms with van der Waals surface area (Å²) in [5.41, 5.74) is 2.77. The Labute approximate surface area is 156 Å². The van der Waals surface area contributed by atoms with E-state index in [1.165, 1.54) is 16.9 Å². The number of fused-ring (bicyclic) bond motifs is 1. The first-order chi connectivity index (χ1) is 12.4. The predicted octanol–water partition coefficient (Wildman–Crippen LogP) is 4.12. The number of carbonyl (C=O) groups excluding carboxylic acids is 1. The first-order valence-electron chi connectivity index (χ1n) is 8.34. The molecule has 6 heteroatoms. The second-order valence-corrected chi connectivity index (χ2v) is 7.35. The molecule has 1 amide bonds. The number of aryl methyl sites for hydroxylation is 1. The third kappa shape index (κ3) is 3.51. The molecule has 0 unspecified atom stereocenters. The smallest absolute Gasteiger partial charge is 0.279 e. The van der Waals surface area contributed by atoms with E-state index in [-0.39, 0.29) is 5.91 Å². The normalized spacial score (nSPS) is 12.0. The van der Waals surface area contributed by atoms with E-state index in [1.54, 1.807) is 32.4 Å². The Kier molecular flexibility index (Phi) is 5.13. The van der Waals surface area contributed by atoms with Crippen molar-refractivity contribution in [3.05, 3.63) is 52.3 Å². The number of nitrogens with zero attached hydrogens (tertiary/aromatic N) is 2. The fourth-order valence-electron chi connectivity index (χ4n) is 2.70. The van der Waals surface area contributed by atoms with E-state index >= 15 is 0 Å². The molecule has 0 spiro atoms. The second kappa shape index (κ2) is 7.33. The molecule has 0 aliphatic heterocycles. The van der Waals surface area contributed by atoms with Gasteiger partial charge in [-0.05, 0) is 35.7 Å². The highest BCUT2D eigenvalue weighted by atomic mass is 32.1. The fraction of sp³-hybridized carbons (Fsp3) is 0.300. The van der Waals surface area contributed by atoms with Crippen molar-refractivity contribution in [2.75, 3.05) is 14.2 Å². The van der Waals surface area contributed by atoms with Crippen molar-refractivity contribution >= 4 is 27.5 Å². The van der Waals surface area contributed by atoms with Crippen LogP contribution in [-0.4, -0.2) is 24.7 Å². The van der Waals surface area contributed by atoms with Crippen LogP contribution in [0.1, 0.15) is 35.7 Å². The lowest BCUT2D eigenvalue weighted by Gasteiger charge is -2.06. The van der Waals surface area contributed by atoms with Gasteiger partial charge in [-0.15, -0.1) is 0 Å². The maximum Gasteiger partial charge on any atom is 0.279 e. The number of methoxy groups -OCH3 is 2. The lowest BCUT2D eigenvalue weighted by atomic mass is 10.0. The molecule has 5 nitrogen and oxygen atoms in total. The van der Waals surface area contributed by atoms with Crippen molar-refractivity contribution in [3.63, 3.8) is 0 Å². The van der Waals surface area contributed by atoms with Gasteiger partial charge >= 0.3 is 0 Å². The van der Waals surface area contributed by atoms with Crippen molar-refractivity contribution < 1.29 is 14.3 Å². The average Bonchev–Trinajstić information content (AvgIpc) is 2.96. The summed E-state index contributed by atoms with van der Waals surface area (Å²) >= 11 is 1.51. The van der Waals surface area contributed by atoms with Crippen molar-refractivity contribution in [2.45, 2.75) is 19.8 Å². The minimum absolute atomic E-state index is 0.326. The predicted molar refractivity (Wildman–Crippen MR) is 104 cm³/mol. The summed E-state index contributed by atoms with van der Waals surface area (Å²) in [5.74, 6) is 1.25. The summed E-state index contributed by atoms with van der Waals surface area (Å²) in [5, 5.41) is 0. The van der Waals surface area contributed by atoms with Gasteiger partial charge in [-0.1, -0.05) is 31.3 Å². The summed E-state index contributed by atoms with van der Waals surface area (Å²) in [6.07, 6.45) is 0. The van der Waals surface area contributed by atoms with Gasteiger partial charge in [0, 0.05) is 18.7 Å². The Balaban J connectivity index is 2.07. The molecule has 26 heavy (non-hydrogen) atoms. The first-order valence-corrected chi connectivity index (χ1v) is 9.16.